The van der Waals surface area contributed by atoms with Crippen LogP contribution in [0, 0.1) is 11.3 Å². The lowest BCUT2D eigenvalue weighted by Gasteiger charge is -2.37. The predicted octanol–water partition coefficient (Wildman–Crippen LogP) is 5.00. The van der Waals surface area contributed by atoms with Crippen molar-refractivity contribution in [3.8, 4) is 6.07 Å². The monoisotopic (exact) mass is 557 g/mol. The molecule has 1 fully saturated rings. The molecule has 1 aromatic carbocycles. The highest BCUT2D eigenvalue weighted by molar-refractivity contribution is 7.44. The van der Waals surface area contributed by atoms with Gasteiger partial charge in [-0.15, -0.1) is 0 Å². The predicted molar refractivity (Wildman–Crippen MR) is 144 cm³/mol. The fourth-order valence-electron chi connectivity index (χ4n) is 4.45. The van der Waals surface area contributed by atoms with Crippen LogP contribution in [0.2, 0.25) is 0 Å². The number of halogens is 1. The van der Waals surface area contributed by atoms with E-state index in [-0.39, 0.29) is 36.8 Å². The molecule has 208 valence electrons. The second-order valence-corrected chi connectivity index (χ2v) is 11.1. The highest BCUT2D eigenvalue weighted by atomic mass is 31.2. The minimum atomic E-state index is -1.66. The van der Waals surface area contributed by atoms with Crippen LogP contribution in [0.1, 0.15) is 57.6 Å². The molecule has 4 rings (SSSR count). The van der Waals surface area contributed by atoms with Crippen molar-refractivity contribution < 1.29 is 23.0 Å². The number of hydrogen-bond acceptors (Lipinski definition) is 9. The number of ether oxygens (including phenoxy) is 1. The number of anilines is 1. The number of alkyl halides is 1. The number of nitriles is 1. The van der Waals surface area contributed by atoms with Gasteiger partial charge in [0.15, 0.2) is 29.4 Å². The third-order valence-corrected chi connectivity index (χ3v) is 8.31. The normalized spacial score (nSPS) is 22.1. The summed E-state index contributed by atoms with van der Waals surface area (Å²) in [5.41, 5.74) is 1.08. The first-order valence-electron chi connectivity index (χ1n) is 12.8. The van der Waals surface area contributed by atoms with Crippen molar-refractivity contribution in [1.29, 1.82) is 5.26 Å². The number of nitrogens with zero attached hydrogens (tertiary/aromatic N) is 6. The lowest BCUT2D eigenvalue weighted by atomic mass is 10.2. The second kappa shape index (κ2) is 12.9. The Labute approximate surface area is 228 Å². The summed E-state index contributed by atoms with van der Waals surface area (Å²) in [5, 5.41) is 11.7. The number of amides is 1. The molecule has 39 heavy (non-hydrogen) atoms. The van der Waals surface area contributed by atoms with Crippen molar-refractivity contribution in [2.24, 2.45) is 0 Å². The lowest BCUT2D eigenvalue weighted by Crippen LogP contribution is -2.37. The molecule has 0 spiro atoms. The van der Waals surface area contributed by atoms with Crippen LogP contribution in [0.5, 0.6) is 0 Å². The van der Waals surface area contributed by atoms with Crippen molar-refractivity contribution in [1.82, 2.24) is 24.2 Å². The van der Waals surface area contributed by atoms with Gasteiger partial charge >= 0.3 is 0 Å². The summed E-state index contributed by atoms with van der Waals surface area (Å²) in [4.78, 5) is 25.5. The maximum Gasteiger partial charge on any atom is 0.259 e. The second-order valence-electron chi connectivity index (χ2n) is 9.66. The molecular weight excluding hydrogens is 524 g/mol. The summed E-state index contributed by atoms with van der Waals surface area (Å²) in [6.07, 6.45) is -1.26. The van der Waals surface area contributed by atoms with Gasteiger partial charge in [0.05, 0.1) is 31.5 Å². The van der Waals surface area contributed by atoms with Crippen molar-refractivity contribution in [3.63, 3.8) is 0 Å². The van der Waals surface area contributed by atoms with E-state index in [9.17, 15) is 4.79 Å². The molecule has 5 atom stereocenters. The van der Waals surface area contributed by atoms with Crippen molar-refractivity contribution in [2.45, 2.75) is 77.7 Å². The van der Waals surface area contributed by atoms with Crippen LogP contribution in [0.15, 0.2) is 43.0 Å². The number of rotatable bonds is 11. The average Bonchev–Trinajstić information content (AvgIpc) is 3.45. The van der Waals surface area contributed by atoms with Gasteiger partial charge in [0.1, 0.15) is 12.4 Å². The van der Waals surface area contributed by atoms with Gasteiger partial charge in [0, 0.05) is 17.6 Å². The van der Waals surface area contributed by atoms with Gasteiger partial charge in [-0.05, 0) is 46.8 Å². The average molecular weight is 558 g/mol. The number of carbonyl (C=O) groups excluding carboxylic acids is 1. The number of fused-ring (bicyclic) bond motifs is 1. The molecule has 3 aromatic rings. The molecule has 0 aliphatic carbocycles. The van der Waals surface area contributed by atoms with Gasteiger partial charge in [-0.3, -0.25) is 9.36 Å². The maximum atomic E-state index is 16.0. The first kappa shape index (κ1) is 28.9. The van der Waals surface area contributed by atoms with Crippen LogP contribution in [0.4, 0.5) is 10.2 Å². The lowest BCUT2D eigenvalue weighted by molar-refractivity contribution is -0.0132. The summed E-state index contributed by atoms with van der Waals surface area (Å²) in [5.74, 6) is -0.141. The third kappa shape index (κ3) is 6.40. The molecule has 2 aromatic heterocycles. The highest BCUT2D eigenvalue weighted by Crippen LogP contribution is 2.50. The van der Waals surface area contributed by atoms with E-state index in [2.05, 4.69) is 26.3 Å². The van der Waals surface area contributed by atoms with E-state index < -0.39 is 33.1 Å². The van der Waals surface area contributed by atoms with E-state index in [0.29, 0.717) is 16.7 Å². The third-order valence-electron chi connectivity index (χ3n) is 6.18. The van der Waals surface area contributed by atoms with E-state index in [0.717, 1.165) is 0 Å². The Kier molecular flexibility index (Phi) is 9.53. The Morgan fingerprint density at radius 3 is 2.62 bits per heavy atom. The zero-order chi connectivity index (χ0) is 28.1. The Morgan fingerprint density at radius 2 is 1.95 bits per heavy atom. The van der Waals surface area contributed by atoms with E-state index in [1.54, 1.807) is 31.2 Å². The quantitative estimate of drug-likeness (QED) is 0.256. The largest absolute Gasteiger partial charge is 0.349 e. The van der Waals surface area contributed by atoms with Crippen LogP contribution < -0.4 is 5.32 Å². The summed E-state index contributed by atoms with van der Waals surface area (Å²) in [7, 11) is -1.66. The minimum absolute atomic E-state index is 0.0727. The van der Waals surface area contributed by atoms with Crippen LogP contribution in [-0.4, -0.2) is 67.2 Å². The summed E-state index contributed by atoms with van der Waals surface area (Å²) in [6.45, 7) is 9.99. The number of carbonyl (C=O) groups is 1. The molecular formula is C26H33FN7O4P. The Bertz CT molecular complexity index is 1290. The summed E-state index contributed by atoms with van der Waals surface area (Å²) >= 11 is 0. The molecule has 0 bridgehead atoms. The van der Waals surface area contributed by atoms with Gasteiger partial charge in [-0.25, -0.2) is 24.0 Å². The van der Waals surface area contributed by atoms with Crippen molar-refractivity contribution in [3.05, 3.63) is 48.5 Å². The minimum Gasteiger partial charge on any atom is -0.349 e. The number of hydrogen-bond donors (Lipinski definition) is 1. The number of nitrogens with one attached hydrogen (secondary N) is 1. The fraction of sp³-hybridized carbons (Fsp3) is 0.500. The number of benzene rings is 1. The van der Waals surface area contributed by atoms with E-state index in [1.165, 1.54) is 17.2 Å². The molecule has 0 radical (unpaired) electrons. The molecule has 1 N–H and O–H groups in total. The molecule has 1 aliphatic heterocycles. The zero-order valence-corrected chi connectivity index (χ0v) is 23.5. The molecule has 3 heterocycles. The number of imidazole rings is 1. The summed E-state index contributed by atoms with van der Waals surface area (Å²) in [6, 6.07) is 10.9. The Morgan fingerprint density at radius 1 is 1.23 bits per heavy atom. The standard InChI is InChI=1S/C26H33FN7O4P/c1-16(2)34(17(3)4)39(36-13-9-12-28)38-22-18(5)37-26(20(22)27)33-15-31-21-23(29-14-30-24(21)33)32-25(35)19-10-7-6-8-11-19/h6-8,10-11,14-18,20,22,26H,9,13H2,1-5H3,(H,29,30,32,35)/t18-,20?,22?,26-,39?/m1/s1. The fourth-order valence-corrected chi connectivity index (χ4v) is 6.25. The van der Waals surface area contributed by atoms with E-state index in [4.69, 9.17) is 19.0 Å². The van der Waals surface area contributed by atoms with Crippen LogP contribution in [0.25, 0.3) is 11.2 Å². The Hall–Kier alpha value is -3.07. The molecule has 1 aliphatic rings. The van der Waals surface area contributed by atoms with Gasteiger partial charge in [0.2, 0.25) is 0 Å². The first-order valence-corrected chi connectivity index (χ1v) is 13.9. The SMILES string of the molecule is CC(C)N(C(C)C)P(OCCC#N)OC1C(F)[C@H](n2cnc3c(NC(=O)c4ccccc4)ncnc32)O[C@@H]1C. The van der Waals surface area contributed by atoms with Gasteiger partial charge in [-0.2, -0.15) is 5.26 Å². The Balaban J connectivity index is 1.56. The van der Waals surface area contributed by atoms with E-state index >= 15 is 4.39 Å². The molecule has 1 amide bonds. The van der Waals surface area contributed by atoms with Gasteiger partial charge in [-0.1, -0.05) is 18.2 Å². The van der Waals surface area contributed by atoms with Crippen molar-refractivity contribution in [2.75, 3.05) is 11.9 Å². The van der Waals surface area contributed by atoms with Crippen LogP contribution in [-0.2, 0) is 13.8 Å². The van der Waals surface area contributed by atoms with Crippen LogP contribution >= 0.6 is 8.53 Å². The maximum absolute atomic E-state index is 16.0. The molecule has 13 heteroatoms. The highest BCUT2D eigenvalue weighted by Gasteiger charge is 2.48. The van der Waals surface area contributed by atoms with Gasteiger partial charge in [0.25, 0.3) is 14.4 Å². The molecule has 1 saturated heterocycles. The van der Waals surface area contributed by atoms with E-state index in [1.807, 2.05) is 38.4 Å². The molecule has 3 unspecified atom stereocenters. The van der Waals surface area contributed by atoms with Crippen LogP contribution in [0.3, 0.4) is 0 Å². The van der Waals surface area contributed by atoms with Crippen molar-refractivity contribution >= 4 is 31.4 Å². The summed E-state index contributed by atoms with van der Waals surface area (Å²) < 4.78 is 37.8. The first-order chi connectivity index (χ1) is 18.7. The number of aromatic nitrogens is 4. The molecule has 11 nitrogen and oxygen atoms in total. The zero-order valence-electron chi connectivity index (χ0n) is 22.6. The molecule has 0 saturated carbocycles. The smallest absolute Gasteiger partial charge is 0.259 e. The topological polar surface area (TPSA) is 127 Å². The van der Waals surface area contributed by atoms with Gasteiger partial charge < -0.3 is 19.1 Å².